The molecule has 2 N–H and O–H groups in total. The van der Waals surface area contributed by atoms with Crippen molar-refractivity contribution in [2.75, 3.05) is 26.7 Å². The molecule has 2 aromatic rings. The van der Waals surface area contributed by atoms with Crippen LogP contribution in [0, 0.1) is 5.92 Å². The van der Waals surface area contributed by atoms with Crippen LogP contribution in [0.4, 0.5) is 0 Å². The van der Waals surface area contributed by atoms with Crippen LogP contribution in [0.2, 0.25) is 0 Å². The third kappa shape index (κ3) is 8.87. The van der Waals surface area contributed by atoms with Crippen LogP contribution in [0.1, 0.15) is 38.3 Å². The van der Waals surface area contributed by atoms with Crippen LogP contribution in [0.5, 0.6) is 5.75 Å². The van der Waals surface area contributed by atoms with Crippen LogP contribution in [0.3, 0.4) is 0 Å². The molecule has 1 aliphatic rings. The number of nitrogens with zero attached hydrogens (tertiary/aromatic N) is 2. The summed E-state index contributed by atoms with van der Waals surface area (Å²) in [6.45, 7) is 9.03. The summed E-state index contributed by atoms with van der Waals surface area (Å²) in [5, 5.41) is 6.75. The van der Waals surface area contributed by atoms with Crippen molar-refractivity contribution in [3.05, 3.63) is 65.7 Å². The Morgan fingerprint density at radius 2 is 1.79 bits per heavy atom. The predicted molar refractivity (Wildman–Crippen MR) is 145 cm³/mol. The minimum absolute atomic E-state index is 0. The van der Waals surface area contributed by atoms with E-state index in [0.717, 1.165) is 36.8 Å². The first-order valence-corrected chi connectivity index (χ1v) is 11.4. The Labute approximate surface area is 215 Å². The second-order valence-corrected chi connectivity index (χ2v) is 9.27. The van der Waals surface area contributed by atoms with Gasteiger partial charge in [0.15, 0.2) is 5.96 Å². The molecule has 1 saturated heterocycles. The summed E-state index contributed by atoms with van der Waals surface area (Å²) in [7, 11) is 1.76. The number of halogens is 1. The summed E-state index contributed by atoms with van der Waals surface area (Å²) in [6.07, 6.45) is 1.48. The summed E-state index contributed by atoms with van der Waals surface area (Å²) in [5.74, 6) is 2.13. The zero-order valence-electron chi connectivity index (χ0n) is 20.1. The Morgan fingerprint density at radius 3 is 2.48 bits per heavy atom. The van der Waals surface area contributed by atoms with Crippen LogP contribution < -0.4 is 15.4 Å². The standard InChI is InChI=1S/C26H36N4O2.HI/c1-26(2,3)32-23-13-9-8-12-22(23)18-29-25(27-4)28-17-21-16-24(31)30(19-21)15-14-20-10-6-5-7-11-20;/h5-13,21H,14-19H2,1-4H3,(H2,27,28,29);1H. The molecule has 33 heavy (non-hydrogen) atoms. The molecule has 1 atom stereocenters. The highest BCUT2D eigenvalue weighted by molar-refractivity contribution is 14.0. The lowest BCUT2D eigenvalue weighted by atomic mass is 10.1. The lowest BCUT2D eigenvalue weighted by Gasteiger charge is -2.23. The van der Waals surface area contributed by atoms with Crippen LogP contribution in [0.15, 0.2) is 59.6 Å². The SMILES string of the molecule is CN=C(NCc1ccccc1OC(C)(C)C)NCC1CC(=O)N(CCc2ccccc2)C1.I. The van der Waals surface area contributed by atoms with Gasteiger partial charge in [-0.25, -0.2) is 0 Å². The number of rotatable bonds is 8. The Bertz CT molecular complexity index is 912. The van der Waals surface area contributed by atoms with Gasteiger partial charge in [-0.15, -0.1) is 24.0 Å². The van der Waals surface area contributed by atoms with E-state index in [2.05, 4.69) is 33.8 Å². The molecular weight excluding hydrogens is 527 g/mol. The van der Waals surface area contributed by atoms with Crippen molar-refractivity contribution in [2.24, 2.45) is 10.9 Å². The van der Waals surface area contributed by atoms with Gasteiger partial charge in [0.25, 0.3) is 0 Å². The van der Waals surface area contributed by atoms with E-state index in [-0.39, 0.29) is 41.4 Å². The molecule has 1 aliphatic heterocycles. The van der Waals surface area contributed by atoms with Crippen molar-refractivity contribution in [3.63, 3.8) is 0 Å². The number of carbonyl (C=O) groups excluding carboxylic acids is 1. The predicted octanol–water partition coefficient (Wildman–Crippen LogP) is 4.24. The fourth-order valence-electron chi connectivity index (χ4n) is 3.84. The molecule has 0 aliphatic carbocycles. The molecule has 1 fully saturated rings. The maximum absolute atomic E-state index is 12.4. The van der Waals surface area contributed by atoms with E-state index >= 15 is 0 Å². The Morgan fingerprint density at radius 1 is 1.09 bits per heavy atom. The number of amides is 1. The number of likely N-dealkylation sites (tertiary alicyclic amines) is 1. The van der Waals surface area contributed by atoms with E-state index in [1.807, 2.05) is 62.1 Å². The van der Waals surface area contributed by atoms with Gasteiger partial charge >= 0.3 is 0 Å². The Kier molecular flexibility index (Phi) is 10.5. The number of nitrogens with one attached hydrogen (secondary N) is 2. The molecule has 1 unspecified atom stereocenters. The van der Waals surface area contributed by atoms with Gasteiger partial charge in [0.05, 0.1) is 0 Å². The quantitative estimate of drug-likeness (QED) is 0.286. The van der Waals surface area contributed by atoms with Crippen molar-refractivity contribution in [2.45, 2.75) is 45.8 Å². The first-order chi connectivity index (χ1) is 15.3. The van der Waals surface area contributed by atoms with Crippen LogP contribution in [-0.4, -0.2) is 49.0 Å². The number of hydrogen-bond acceptors (Lipinski definition) is 3. The van der Waals surface area contributed by atoms with Crippen molar-refractivity contribution >= 4 is 35.8 Å². The molecule has 180 valence electrons. The maximum Gasteiger partial charge on any atom is 0.223 e. The van der Waals surface area contributed by atoms with Gasteiger partial charge in [0.2, 0.25) is 5.91 Å². The third-order valence-electron chi connectivity index (χ3n) is 5.42. The third-order valence-corrected chi connectivity index (χ3v) is 5.42. The molecule has 0 saturated carbocycles. The van der Waals surface area contributed by atoms with E-state index in [9.17, 15) is 4.79 Å². The maximum atomic E-state index is 12.4. The number of guanidine groups is 1. The van der Waals surface area contributed by atoms with E-state index in [1.54, 1.807) is 7.05 Å². The zero-order chi connectivity index (χ0) is 23.0. The summed E-state index contributed by atoms with van der Waals surface area (Å²) < 4.78 is 6.08. The number of aliphatic imine (C=N–C) groups is 1. The zero-order valence-corrected chi connectivity index (χ0v) is 22.5. The van der Waals surface area contributed by atoms with Gasteiger partial charge in [-0.1, -0.05) is 48.5 Å². The summed E-state index contributed by atoms with van der Waals surface area (Å²) in [4.78, 5) is 18.7. The molecule has 1 heterocycles. The molecule has 0 radical (unpaired) electrons. The molecule has 1 amide bonds. The van der Waals surface area contributed by atoms with E-state index < -0.39 is 0 Å². The smallest absolute Gasteiger partial charge is 0.223 e. The fourth-order valence-corrected chi connectivity index (χ4v) is 3.84. The number of carbonyl (C=O) groups is 1. The lowest BCUT2D eigenvalue weighted by Crippen LogP contribution is -2.40. The molecule has 3 rings (SSSR count). The molecule has 6 nitrogen and oxygen atoms in total. The molecule has 0 spiro atoms. The number of hydrogen-bond donors (Lipinski definition) is 2. The summed E-state index contributed by atoms with van der Waals surface area (Å²) in [6, 6.07) is 18.4. The van der Waals surface area contributed by atoms with Gasteiger partial charge in [0, 0.05) is 51.1 Å². The highest BCUT2D eigenvalue weighted by Gasteiger charge is 2.29. The first-order valence-electron chi connectivity index (χ1n) is 11.4. The summed E-state index contributed by atoms with van der Waals surface area (Å²) >= 11 is 0. The Balaban J connectivity index is 0.00000385. The first kappa shape index (κ1) is 27.0. The van der Waals surface area contributed by atoms with Crippen molar-refractivity contribution < 1.29 is 9.53 Å². The van der Waals surface area contributed by atoms with Crippen molar-refractivity contribution in [1.29, 1.82) is 0 Å². The van der Waals surface area contributed by atoms with Gasteiger partial charge in [0.1, 0.15) is 11.4 Å². The number of para-hydroxylation sites is 1. The minimum Gasteiger partial charge on any atom is -0.488 e. The second kappa shape index (κ2) is 12.8. The number of benzene rings is 2. The average Bonchev–Trinajstić information content (AvgIpc) is 3.12. The molecule has 2 aromatic carbocycles. The van der Waals surface area contributed by atoms with Crippen molar-refractivity contribution in [1.82, 2.24) is 15.5 Å². The minimum atomic E-state index is -0.253. The topological polar surface area (TPSA) is 66.0 Å². The number of ether oxygens (including phenoxy) is 1. The Hall–Kier alpha value is -2.29. The van der Waals surface area contributed by atoms with E-state index in [1.165, 1.54) is 5.56 Å². The van der Waals surface area contributed by atoms with E-state index in [4.69, 9.17) is 4.74 Å². The van der Waals surface area contributed by atoms with Gasteiger partial charge in [-0.05, 0) is 38.8 Å². The largest absolute Gasteiger partial charge is 0.488 e. The van der Waals surface area contributed by atoms with E-state index in [0.29, 0.717) is 19.5 Å². The normalized spacial score (nSPS) is 16.4. The van der Waals surface area contributed by atoms with Gasteiger partial charge < -0.3 is 20.3 Å². The highest BCUT2D eigenvalue weighted by atomic mass is 127. The summed E-state index contributed by atoms with van der Waals surface area (Å²) in [5.41, 5.74) is 2.09. The van der Waals surface area contributed by atoms with Crippen LogP contribution >= 0.6 is 24.0 Å². The average molecular weight is 565 g/mol. The lowest BCUT2D eigenvalue weighted by molar-refractivity contribution is -0.127. The van der Waals surface area contributed by atoms with Gasteiger partial charge in [-0.2, -0.15) is 0 Å². The fraction of sp³-hybridized carbons (Fsp3) is 0.462. The molecule has 0 bridgehead atoms. The van der Waals surface area contributed by atoms with Crippen molar-refractivity contribution in [3.8, 4) is 5.75 Å². The molecule has 0 aromatic heterocycles. The highest BCUT2D eigenvalue weighted by Crippen LogP contribution is 2.23. The second-order valence-electron chi connectivity index (χ2n) is 9.27. The van der Waals surface area contributed by atoms with Gasteiger partial charge in [-0.3, -0.25) is 9.79 Å². The van der Waals surface area contributed by atoms with Crippen LogP contribution in [-0.2, 0) is 17.8 Å². The molecule has 7 heteroatoms. The molecular formula is C26H37IN4O2. The monoisotopic (exact) mass is 564 g/mol. The van der Waals surface area contributed by atoms with Crippen LogP contribution in [0.25, 0.3) is 0 Å².